The summed E-state index contributed by atoms with van der Waals surface area (Å²) in [6, 6.07) is 7.35. The molecule has 0 aromatic heterocycles. The van der Waals surface area contributed by atoms with E-state index in [4.69, 9.17) is 9.47 Å². The summed E-state index contributed by atoms with van der Waals surface area (Å²) in [5, 5.41) is 12.8. The van der Waals surface area contributed by atoms with Gasteiger partial charge in [-0.15, -0.1) is 0 Å². The molecule has 0 heterocycles. The summed E-state index contributed by atoms with van der Waals surface area (Å²) in [5.74, 6) is 0.519. The van der Waals surface area contributed by atoms with Crippen LogP contribution in [0.4, 0.5) is 0 Å². The largest absolute Gasteiger partial charge is 0.490 e. The van der Waals surface area contributed by atoms with Crippen molar-refractivity contribution in [2.24, 2.45) is 5.92 Å². The first kappa shape index (κ1) is 15.6. The summed E-state index contributed by atoms with van der Waals surface area (Å²) in [6.07, 6.45) is 1.85. The highest BCUT2D eigenvalue weighted by molar-refractivity contribution is 5.80. The highest BCUT2D eigenvalue weighted by Gasteiger charge is 2.51. The third-order valence-electron chi connectivity index (χ3n) is 3.75. The van der Waals surface area contributed by atoms with Gasteiger partial charge in [0.15, 0.2) is 17.0 Å². The second-order valence-electron chi connectivity index (χ2n) is 5.25. The Morgan fingerprint density at radius 2 is 1.90 bits per heavy atom. The van der Waals surface area contributed by atoms with Crippen molar-refractivity contribution < 1.29 is 19.4 Å². The minimum absolute atomic E-state index is 0.102. The normalized spacial score (nSPS) is 17.0. The Morgan fingerprint density at radius 3 is 2.38 bits per heavy atom. The zero-order valence-corrected chi connectivity index (χ0v) is 12.6. The number of benzene rings is 1. The fraction of sp³-hybridized carbons (Fsp3) is 0.562. The predicted octanol–water partition coefficient (Wildman–Crippen LogP) is 2.31. The Balaban J connectivity index is 2.13. The second kappa shape index (κ2) is 6.80. The average molecular weight is 293 g/mol. The summed E-state index contributed by atoms with van der Waals surface area (Å²) < 4.78 is 11.3. The molecule has 5 heteroatoms. The van der Waals surface area contributed by atoms with Crippen LogP contribution in [0.25, 0.3) is 0 Å². The van der Waals surface area contributed by atoms with E-state index in [-0.39, 0.29) is 12.5 Å². The van der Waals surface area contributed by atoms with Gasteiger partial charge in [-0.1, -0.05) is 19.1 Å². The van der Waals surface area contributed by atoms with Crippen molar-refractivity contribution in [2.75, 3.05) is 19.8 Å². The number of rotatable bonds is 9. The van der Waals surface area contributed by atoms with Gasteiger partial charge in [0.05, 0.1) is 6.61 Å². The molecule has 2 rings (SSSR count). The molecule has 2 N–H and O–H groups in total. The number of carboxylic acid groups (broad SMARTS) is 1. The quantitative estimate of drug-likeness (QED) is 0.731. The Labute approximate surface area is 125 Å². The van der Waals surface area contributed by atoms with Crippen LogP contribution < -0.4 is 14.8 Å². The number of aliphatic carboxylic acids is 1. The SMILES string of the molecule is CCNC(COc1ccccc1OCC)(C(=O)O)C1CC1. The zero-order chi connectivity index (χ0) is 15.3. The molecule has 0 amide bonds. The summed E-state index contributed by atoms with van der Waals surface area (Å²) in [4.78, 5) is 11.8. The van der Waals surface area contributed by atoms with E-state index >= 15 is 0 Å². The molecule has 1 aliphatic rings. The van der Waals surface area contributed by atoms with E-state index in [1.165, 1.54) is 0 Å². The molecule has 5 nitrogen and oxygen atoms in total. The van der Waals surface area contributed by atoms with Crippen molar-refractivity contribution in [3.8, 4) is 11.5 Å². The van der Waals surface area contributed by atoms with Crippen LogP contribution in [-0.2, 0) is 4.79 Å². The van der Waals surface area contributed by atoms with E-state index in [2.05, 4.69) is 5.32 Å². The lowest BCUT2D eigenvalue weighted by atomic mass is 9.94. The van der Waals surface area contributed by atoms with Crippen LogP contribution in [0.2, 0.25) is 0 Å². The average Bonchev–Trinajstić information content (AvgIpc) is 3.30. The number of carbonyl (C=O) groups is 1. The minimum Gasteiger partial charge on any atom is -0.490 e. The summed E-state index contributed by atoms with van der Waals surface area (Å²) >= 11 is 0. The van der Waals surface area contributed by atoms with Crippen molar-refractivity contribution in [1.29, 1.82) is 0 Å². The van der Waals surface area contributed by atoms with E-state index in [0.717, 1.165) is 12.8 Å². The van der Waals surface area contributed by atoms with E-state index < -0.39 is 11.5 Å². The van der Waals surface area contributed by atoms with Gasteiger partial charge in [0.2, 0.25) is 0 Å². The third-order valence-corrected chi connectivity index (χ3v) is 3.75. The van der Waals surface area contributed by atoms with E-state index in [0.29, 0.717) is 24.7 Å². The first-order valence-corrected chi connectivity index (χ1v) is 7.47. The van der Waals surface area contributed by atoms with Crippen LogP contribution in [0.1, 0.15) is 26.7 Å². The van der Waals surface area contributed by atoms with Crippen LogP contribution in [-0.4, -0.2) is 36.4 Å². The molecule has 0 bridgehead atoms. The number of para-hydroxylation sites is 2. The van der Waals surface area contributed by atoms with Crippen LogP contribution in [0, 0.1) is 5.92 Å². The first-order valence-electron chi connectivity index (χ1n) is 7.47. The molecule has 1 aliphatic carbocycles. The van der Waals surface area contributed by atoms with E-state index in [1.807, 2.05) is 32.0 Å². The minimum atomic E-state index is -1.01. The van der Waals surface area contributed by atoms with Gasteiger partial charge in [-0.05, 0) is 44.4 Å². The van der Waals surface area contributed by atoms with Crippen molar-refractivity contribution in [3.63, 3.8) is 0 Å². The molecule has 1 unspecified atom stereocenters. The number of hydrogen-bond donors (Lipinski definition) is 2. The van der Waals surface area contributed by atoms with E-state index in [9.17, 15) is 9.90 Å². The van der Waals surface area contributed by atoms with Gasteiger partial charge in [-0.25, -0.2) is 0 Å². The molecule has 0 spiro atoms. The fourth-order valence-electron chi connectivity index (χ4n) is 2.55. The summed E-state index contributed by atoms with van der Waals surface area (Å²) in [5.41, 5.74) is -1.01. The number of carboxylic acids is 1. The van der Waals surface area contributed by atoms with Gasteiger partial charge in [-0.2, -0.15) is 0 Å². The van der Waals surface area contributed by atoms with Gasteiger partial charge in [0.25, 0.3) is 0 Å². The third kappa shape index (κ3) is 3.47. The monoisotopic (exact) mass is 293 g/mol. The number of ether oxygens (including phenoxy) is 2. The van der Waals surface area contributed by atoms with Gasteiger partial charge >= 0.3 is 5.97 Å². The fourth-order valence-corrected chi connectivity index (χ4v) is 2.55. The van der Waals surface area contributed by atoms with Crippen LogP contribution in [0.5, 0.6) is 11.5 Å². The molecule has 0 aliphatic heterocycles. The maximum atomic E-state index is 11.8. The molecule has 116 valence electrons. The topological polar surface area (TPSA) is 67.8 Å². The standard InChI is InChI=1S/C16H23NO4/c1-3-17-16(15(18)19,12-9-10-12)11-21-14-8-6-5-7-13(14)20-4-2/h5-8,12,17H,3-4,9-11H2,1-2H3,(H,18,19). The lowest BCUT2D eigenvalue weighted by Gasteiger charge is -2.30. The summed E-state index contributed by atoms with van der Waals surface area (Å²) in [6.45, 7) is 5.06. The second-order valence-corrected chi connectivity index (χ2v) is 5.25. The van der Waals surface area contributed by atoms with Crippen LogP contribution in [0.3, 0.4) is 0 Å². The Bertz CT molecular complexity index is 487. The Hall–Kier alpha value is -1.75. The van der Waals surface area contributed by atoms with Gasteiger partial charge in [-0.3, -0.25) is 10.1 Å². The van der Waals surface area contributed by atoms with Crippen molar-refractivity contribution in [2.45, 2.75) is 32.2 Å². The molecule has 1 saturated carbocycles. The molecule has 21 heavy (non-hydrogen) atoms. The molecule has 1 aromatic rings. The maximum absolute atomic E-state index is 11.8. The number of nitrogens with one attached hydrogen (secondary N) is 1. The molecule has 0 radical (unpaired) electrons. The highest BCUT2D eigenvalue weighted by Crippen LogP contribution is 2.41. The number of likely N-dealkylation sites (N-methyl/N-ethyl adjacent to an activating group) is 1. The van der Waals surface area contributed by atoms with Gasteiger partial charge in [0.1, 0.15) is 6.61 Å². The lowest BCUT2D eigenvalue weighted by Crippen LogP contribution is -2.58. The first-order chi connectivity index (χ1) is 10.1. The Kier molecular flexibility index (Phi) is 5.07. The molecule has 1 fully saturated rings. The smallest absolute Gasteiger partial charge is 0.327 e. The van der Waals surface area contributed by atoms with Gasteiger partial charge < -0.3 is 14.6 Å². The highest BCUT2D eigenvalue weighted by atomic mass is 16.5. The van der Waals surface area contributed by atoms with Crippen molar-refractivity contribution in [3.05, 3.63) is 24.3 Å². The Morgan fingerprint density at radius 1 is 1.29 bits per heavy atom. The lowest BCUT2D eigenvalue weighted by molar-refractivity contribution is -0.147. The summed E-state index contributed by atoms with van der Waals surface area (Å²) in [7, 11) is 0. The maximum Gasteiger partial charge on any atom is 0.327 e. The molecule has 1 atom stereocenters. The number of hydrogen-bond acceptors (Lipinski definition) is 4. The molecular formula is C16H23NO4. The molecule has 1 aromatic carbocycles. The van der Waals surface area contributed by atoms with Crippen molar-refractivity contribution in [1.82, 2.24) is 5.32 Å². The molecular weight excluding hydrogens is 270 g/mol. The van der Waals surface area contributed by atoms with Crippen LogP contribution >= 0.6 is 0 Å². The van der Waals surface area contributed by atoms with E-state index in [1.54, 1.807) is 6.07 Å². The zero-order valence-electron chi connectivity index (χ0n) is 12.6. The van der Waals surface area contributed by atoms with Crippen LogP contribution in [0.15, 0.2) is 24.3 Å². The van der Waals surface area contributed by atoms with Gasteiger partial charge in [0, 0.05) is 0 Å². The predicted molar refractivity (Wildman–Crippen MR) is 79.9 cm³/mol. The molecule has 0 saturated heterocycles. The van der Waals surface area contributed by atoms with Crippen molar-refractivity contribution >= 4 is 5.97 Å².